The molecule has 0 bridgehead atoms. The molecule has 10 heteroatoms. The van der Waals surface area contributed by atoms with Gasteiger partial charge >= 0.3 is 15.6 Å². The maximum Gasteiger partial charge on any atom is 0.527 e. The van der Waals surface area contributed by atoms with E-state index < -0.39 is 15.6 Å². The lowest BCUT2D eigenvalue weighted by atomic mass is 10.1. The van der Waals surface area contributed by atoms with E-state index in [2.05, 4.69) is 13.8 Å². The van der Waals surface area contributed by atoms with Crippen LogP contribution in [-0.4, -0.2) is 23.0 Å². The molecule has 0 heterocycles. The Morgan fingerprint density at radius 3 is 1.44 bits per heavy atom. The van der Waals surface area contributed by atoms with Crippen molar-refractivity contribution >= 4 is 15.6 Å². The van der Waals surface area contributed by atoms with Gasteiger partial charge < -0.3 is 9.05 Å². The van der Waals surface area contributed by atoms with Crippen molar-refractivity contribution in [3.8, 4) is 11.5 Å². The molecule has 2 unspecified atom stereocenters. The molecule has 0 aliphatic carbocycles. The second-order valence-electron chi connectivity index (χ2n) is 7.80. The minimum Gasteiger partial charge on any atom is -0.404 e. The Hall–Kier alpha value is -0.880. The van der Waals surface area contributed by atoms with E-state index in [1.807, 2.05) is 0 Å². The highest BCUT2D eigenvalue weighted by molar-refractivity contribution is 7.48. The number of unbranched alkanes of at least 4 members (excludes halogenated alkanes) is 10. The highest BCUT2D eigenvalue weighted by Gasteiger charge is 2.25. The molecule has 0 aliphatic rings. The zero-order valence-electron chi connectivity index (χ0n) is 19.4. The third-order valence-electron chi connectivity index (χ3n) is 4.75. The number of hydrogen-bond donors (Lipinski definition) is 2. The molecular formula is C22H40O8P2. The average Bonchev–Trinajstić information content (AvgIpc) is 2.72. The third-order valence-corrected chi connectivity index (χ3v) is 6.65. The molecule has 32 heavy (non-hydrogen) atoms. The molecule has 0 spiro atoms. The first-order valence-corrected chi connectivity index (χ1v) is 14.7. The van der Waals surface area contributed by atoms with Gasteiger partial charge in [0.05, 0.1) is 13.2 Å². The van der Waals surface area contributed by atoms with Gasteiger partial charge in [0.2, 0.25) is 0 Å². The van der Waals surface area contributed by atoms with Crippen molar-refractivity contribution in [1.29, 1.82) is 0 Å². The fourth-order valence-corrected chi connectivity index (χ4v) is 4.62. The zero-order chi connectivity index (χ0) is 23.7. The Morgan fingerprint density at radius 1 is 0.656 bits per heavy atom. The maximum atomic E-state index is 12.1. The van der Waals surface area contributed by atoms with E-state index in [0.29, 0.717) is 12.8 Å². The third kappa shape index (κ3) is 15.0. The highest BCUT2D eigenvalue weighted by Crippen LogP contribution is 2.47. The van der Waals surface area contributed by atoms with Crippen LogP contribution in [0.15, 0.2) is 24.3 Å². The van der Waals surface area contributed by atoms with Crippen molar-refractivity contribution < 1.29 is 37.0 Å². The Balaban J connectivity index is 2.39. The largest absolute Gasteiger partial charge is 0.527 e. The summed E-state index contributed by atoms with van der Waals surface area (Å²) in [6.45, 7) is 4.53. The van der Waals surface area contributed by atoms with Gasteiger partial charge in [0, 0.05) is 6.07 Å². The summed E-state index contributed by atoms with van der Waals surface area (Å²) in [5.41, 5.74) is 0. The van der Waals surface area contributed by atoms with Crippen molar-refractivity contribution in [2.75, 3.05) is 13.2 Å². The van der Waals surface area contributed by atoms with Crippen LogP contribution in [0.3, 0.4) is 0 Å². The normalized spacial score (nSPS) is 15.1. The van der Waals surface area contributed by atoms with Gasteiger partial charge in [-0.1, -0.05) is 84.1 Å². The first kappa shape index (κ1) is 29.2. The van der Waals surface area contributed by atoms with Crippen LogP contribution >= 0.6 is 15.6 Å². The predicted molar refractivity (Wildman–Crippen MR) is 126 cm³/mol. The molecule has 0 saturated heterocycles. The summed E-state index contributed by atoms with van der Waals surface area (Å²) in [4.78, 5) is 19.8. The lowest BCUT2D eigenvalue weighted by Gasteiger charge is -2.15. The van der Waals surface area contributed by atoms with Gasteiger partial charge in [-0.05, 0) is 25.0 Å². The summed E-state index contributed by atoms with van der Waals surface area (Å²) in [7, 11) is -8.60. The van der Waals surface area contributed by atoms with E-state index in [9.17, 15) is 18.9 Å². The lowest BCUT2D eigenvalue weighted by molar-refractivity contribution is 0.198. The van der Waals surface area contributed by atoms with E-state index >= 15 is 0 Å². The van der Waals surface area contributed by atoms with Gasteiger partial charge in [-0.15, -0.1) is 0 Å². The zero-order valence-corrected chi connectivity index (χ0v) is 21.2. The van der Waals surface area contributed by atoms with E-state index in [-0.39, 0.29) is 24.7 Å². The van der Waals surface area contributed by atoms with Crippen LogP contribution in [-0.2, 0) is 18.2 Å². The van der Waals surface area contributed by atoms with Crippen LogP contribution in [0.5, 0.6) is 11.5 Å². The Labute approximate surface area is 192 Å². The number of rotatable bonds is 20. The first-order chi connectivity index (χ1) is 15.3. The van der Waals surface area contributed by atoms with E-state index in [0.717, 1.165) is 51.4 Å². The van der Waals surface area contributed by atoms with Crippen LogP contribution in [0.1, 0.15) is 90.9 Å². The molecule has 2 atom stereocenters. The van der Waals surface area contributed by atoms with E-state index in [4.69, 9.17) is 18.1 Å². The fourth-order valence-electron chi connectivity index (χ4n) is 3.03. The Kier molecular flexibility index (Phi) is 15.2. The van der Waals surface area contributed by atoms with Gasteiger partial charge in [0.1, 0.15) is 11.5 Å². The van der Waals surface area contributed by atoms with Gasteiger partial charge in [-0.25, -0.2) is 9.13 Å². The van der Waals surface area contributed by atoms with Crippen molar-refractivity contribution in [2.45, 2.75) is 90.9 Å². The van der Waals surface area contributed by atoms with Crippen molar-refractivity contribution in [2.24, 2.45) is 0 Å². The molecule has 0 aliphatic heterocycles. The second kappa shape index (κ2) is 16.7. The number of phosphoric ester groups is 2. The summed E-state index contributed by atoms with van der Waals surface area (Å²) in [5, 5.41) is 0. The van der Waals surface area contributed by atoms with Crippen LogP contribution < -0.4 is 9.05 Å². The molecule has 0 amide bonds. The number of phosphoric acid groups is 2. The minimum absolute atomic E-state index is 0.00722. The molecule has 0 aromatic heterocycles. The summed E-state index contributed by atoms with van der Waals surface area (Å²) in [5.74, 6) is -0.0144. The predicted octanol–water partition coefficient (Wildman–Crippen LogP) is 7.40. The number of benzene rings is 1. The molecule has 8 nitrogen and oxygen atoms in total. The van der Waals surface area contributed by atoms with Crippen molar-refractivity contribution in [3.05, 3.63) is 24.3 Å². The molecule has 1 aromatic carbocycles. The smallest absolute Gasteiger partial charge is 0.404 e. The topological polar surface area (TPSA) is 112 Å². The summed E-state index contributed by atoms with van der Waals surface area (Å²) < 4.78 is 44.3. The number of hydrogen-bond acceptors (Lipinski definition) is 6. The molecule has 0 radical (unpaired) electrons. The molecule has 0 saturated carbocycles. The van der Waals surface area contributed by atoms with Crippen LogP contribution in [0.2, 0.25) is 0 Å². The van der Waals surface area contributed by atoms with E-state index in [1.54, 1.807) is 0 Å². The summed E-state index contributed by atoms with van der Waals surface area (Å²) >= 11 is 0. The quantitative estimate of drug-likeness (QED) is 0.142. The van der Waals surface area contributed by atoms with Crippen LogP contribution in [0, 0.1) is 0 Å². The van der Waals surface area contributed by atoms with Crippen molar-refractivity contribution in [3.63, 3.8) is 0 Å². The van der Waals surface area contributed by atoms with Gasteiger partial charge in [-0.3, -0.25) is 18.8 Å². The molecule has 0 fully saturated rings. The molecule has 186 valence electrons. The van der Waals surface area contributed by atoms with Gasteiger partial charge in [-0.2, -0.15) is 0 Å². The Morgan fingerprint density at radius 2 is 1.03 bits per heavy atom. The average molecular weight is 495 g/mol. The summed E-state index contributed by atoms with van der Waals surface area (Å²) in [6, 6.07) is 5.59. The van der Waals surface area contributed by atoms with E-state index in [1.165, 1.54) is 37.1 Å². The lowest BCUT2D eigenvalue weighted by Crippen LogP contribution is -2.01. The monoisotopic (exact) mass is 494 g/mol. The second-order valence-corrected chi connectivity index (χ2v) is 10.6. The molecule has 1 rings (SSSR count). The highest BCUT2D eigenvalue weighted by atomic mass is 31.2. The SMILES string of the molecule is CCCCCCCCOP(=O)(O)Oc1cccc(OP(=O)(O)OCCCCCCCC)c1. The molecule has 1 aromatic rings. The first-order valence-electron chi connectivity index (χ1n) is 11.7. The van der Waals surface area contributed by atoms with Crippen molar-refractivity contribution in [1.82, 2.24) is 0 Å². The standard InChI is InChI=1S/C22H40O8P2/c1-3-5-7-9-11-13-18-27-31(23,24)29-21-16-15-17-22(20-21)30-32(25,26)28-19-14-12-10-8-6-4-2/h15-17,20H,3-14,18-19H2,1-2H3,(H,23,24)(H,25,26). The van der Waals surface area contributed by atoms with Crippen LogP contribution in [0.25, 0.3) is 0 Å². The fraction of sp³-hybridized carbons (Fsp3) is 0.727. The minimum atomic E-state index is -4.30. The molecular weight excluding hydrogens is 454 g/mol. The van der Waals surface area contributed by atoms with Crippen LogP contribution in [0.4, 0.5) is 0 Å². The van der Waals surface area contributed by atoms with Gasteiger partial charge in [0.15, 0.2) is 0 Å². The summed E-state index contributed by atoms with van der Waals surface area (Å²) in [6.07, 6.45) is 12.3. The maximum absolute atomic E-state index is 12.1. The Bertz CT molecular complexity index is 658. The van der Waals surface area contributed by atoms with Gasteiger partial charge in [0.25, 0.3) is 0 Å². The molecule has 2 N–H and O–H groups in total.